The Morgan fingerprint density at radius 1 is 1.53 bits per heavy atom. The maximum Gasteiger partial charge on any atom is 0.314 e. The molecule has 0 amide bonds. The molecule has 0 aliphatic carbocycles. The van der Waals surface area contributed by atoms with Gasteiger partial charge >= 0.3 is 5.69 Å². The van der Waals surface area contributed by atoms with Gasteiger partial charge in [-0.15, -0.1) is 0 Å². The molecule has 0 saturated carbocycles. The van der Waals surface area contributed by atoms with Gasteiger partial charge in [-0.25, -0.2) is 4.39 Å². The van der Waals surface area contributed by atoms with Crippen LogP contribution in [0.3, 0.4) is 0 Å². The molecule has 0 saturated heterocycles. The average molecular weight is 276 g/mol. The summed E-state index contributed by atoms with van der Waals surface area (Å²) in [4.78, 5) is 21.1. The van der Waals surface area contributed by atoms with Crippen LogP contribution in [0, 0.1) is 15.9 Å². The number of nitro groups is 1. The third kappa shape index (κ3) is 1.48. The number of halogens is 2. The van der Waals surface area contributed by atoms with Crippen molar-refractivity contribution in [3.63, 3.8) is 0 Å². The zero-order chi connectivity index (χ0) is 11.2. The summed E-state index contributed by atoms with van der Waals surface area (Å²) < 4.78 is 17.9. The number of hydrogen-bond acceptors (Lipinski definition) is 4. The summed E-state index contributed by atoms with van der Waals surface area (Å²) in [6.07, 6.45) is 0. The minimum atomic E-state index is -0.979. The molecule has 78 valence electrons. The topological polar surface area (TPSA) is 69.4 Å². The summed E-state index contributed by atoms with van der Waals surface area (Å²) in [7, 11) is 0. The Labute approximate surface area is 91.1 Å². The standard InChI is InChI=1S/C8H3BrFNO4/c9-8-6(12)4-1-3(10)2-5(11(13)14)7(4)15-8/h1-2,8H/t8-/m0/s1. The Bertz CT molecular complexity index is 476. The molecule has 1 atom stereocenters. The van der Waals surface area contributed by atoms with Crippen LogP contribution in [-0.4, -0.2) is 15.7 Å². The zero-order valence-corrected chi connectivity index (χ0v) is 8.65. The summed E-state index contributed by atoms with van der Waals surface area (Å²) >= 11 is 2.88. The van der Waals surface area contributed by atoms with Gasteiger partial charge in [0, 0.05) is 0 Å². The normalized spacial score (nSPS) is 18.5. The number of carbonyl (C=O) groups is 1. The molecule has 5 nitrogen and oxygen atoms in total. The molecule has 1 aromatic carbocycles. The zero-order valence-electron chi connectivity index (χ0n) is 7.07. The molecule has 1 aliphatic heterocycles. The third-order valence-electron chi connectivity index (χ3n) is 1.92. The van der Waals surface area contributed by atoms with Crippen molar-refractivity contribution in [2.45, 2.75) is 5.01 Å². The lowest BCUT2D eigenvalue weighted by Gasteiger charge is -2.00. The van der Waals surface area contributed by atoms with Gasteiger partial charge in [0.15, 0.2) is 0 Å². The summed E-state index contributed by atoms with van der Waals surface area (Å²) in [5.41, 5.74) is -0.649. The van der Waals surface area contributed by atoms with Crippen LogP contribution < -0.4 is 4.74 Å². The van der Waals surface area contributed by atoms with Crippen LogP contribution in [0.25, 0.3) is 0 Å². The molecule has 1 aromatic rings. The Morgan fingerprint density at radius 2 is 2.20 bits per heavy atom. The number of ether oxygens (including phenoxy) is 1. The first-order valence-electron chi connectivity index (χ1n) is 3.83. The van der Waals surface area contributed by atoms with Crippen LogP contribution in [0.4, 0.5) is 10.1 Å². The number of nitrogens with zero attached hydrogens (tertiary/aromatic N) is 1. The van der Waals surface area contributed by atoms with Gasteiger partial charge in [0.05, 0.1) is 16.6 Å². The van der Waals surface area contributed by atoms with Crippen molar-refractivity contribution < 1.29 is 18.8 Å². The van der Waals surface area contributed by atoms with Gasteiger partial charge in [0.1, 0.15) is 5.82 Å². The predicted molar refractivity (Wildman–Crippen MR) is 50.7 cm³/mol. The summed E-state index contributed by atoms with van der Waals surface area (Å²) in [6, 6.07) is 1.64. The van der Waals surface area contributed by atoms with E-state index >= 15 is 0 Å². The van der Waals surface area contributed by atoms with E-state index in [1.165, 1.54) is 0 Å². The molecule has 0 unspecified atom stereocenters. The molecule has 0 aromatic heterocycles. The lowest BCUT2D eigenvalue weighted by molar-refractivity contribution is -0.385. The molecular weight excluding hydrogens is 273 g/mol. The minimum absolute atomic E-state index is 0.108. The van der Waals surface area contributed by atoms with Crippen LogP contribution >= 0.6 is 15.9 Å². The first-order valence-corrected chi connectivity index (χ1v) is 4.75. The minimum Gasteiger partial charge on any atom is -0.463 e. The van der Waals surface area contributed by atoms with Gasteiger partial charge in [-0.2, -0.15) is 0 Å². The highest BCUT2D eigenvalue weighted by Crippen LogP contribution is 2.39. The second-order valence-electron chi connectivity index (χ2n) is 2.86. The Kier molecular flexibility index (Phi) is 2.18. The second kappa shape index (κ2) is 3.27. The van der Waals surface area contributed by atoms with Crippen LogP contribution in [0.5, 0.6) is 5.75 Å². The van der Waals surface area contributed by atoms with E-state index in [0.29, 0.717) is 0 Å². The lowest BCUT2D eigenvalue weighted by atomic mass is 10.1. The smallest absolute Gasteiger partial charge is 0.314 e. The Hall–Kier alpha value is -1.50. The molecule has 0 bridgehead atoms. The van der Waals surface area contributed by atoms with Crippen molar-refractivity contribution in [1.29, 1.82) is 0 Å². The molecular formula is C8H3BrFNO4. The first-order chi connectivity index (χ1) is 7.00. The van der Waals surface area contributed by atoms with E-state index in [-0.39, 0.29) is 11.3 Å². The lowest BCUT2D eigenvalue weighted by Crippen LogP contribution is -2.10. The van der Waals surface area contributed by atoms with E-state index in [0.717, 1.165) is 12.1 Å². The monoisotopic (exact) mass is 275 g/mol. The number of alkyl halides is 1. The number of rotatable bonds is 1. The second-order valence-corrected chi connectivity index (χ2v) is 3.69. The van der Waals surface area contributed by atoms with E-state index in [2.05, 4.69) is 15.9 Å². The number of carbonyl (C=O) groups excluding carboxylic acids is 1. The number of hydrogen-bond donors (Lipinski definition) is 0. The van der Waals surface area contributed by atoms with Crippen LogP contribution in [0.15, 0.2) is 12.1 Å². The van der Waals surface area contributed by atoms with E-state index in [9.17, 15) is 19.3 Å². The van der Waals surface area contributed by atoms with E-state index in [1.54, 1.807) is 0 Å². The Balaban J connectivity index is 2.67. The number of fused-ring (bicyclic) bond motifs is 1. The van der Waals surface area contributed by atoms with Gasteiger partial charge in [0.25, 0.3) is 0 Å². The molecule has 1 aliphatic rings. The SMILES string of the molecule is O=C1c2cc(F)cc([N+](=O)[O-])c2O[C@@H]1Br. The number of benzene rings is 1. The van der Waals surface area contributed by atoms with Gasteiger partial charge in [0.2, 0.25) is 16.5 Å². The number of Topliss-reactive ketones (excluding diaryl/α,β-unsaturated/α-hetero) is 1. The summed E-state index contributed by atoms with van der Waals surface area (Å²) in [5.74, 6) is -1.54. The molecule has 7 heteroatoms. The number of nitro benzene ring substituents is 1. The molecule has 0 radical (unpaired) electrons. The van der Waals surface area contributed by atoms with Gasteiger partial charge in [-0.1, -0.05) is 0 Å². The number of ketones is 1. The summed E-state index contributed by atoms with van der Waals surface area (Å²) in [6.45, 7) is 0. The molecule has 0 N–H and O–H groups in total. The average Bonchev–Trinajstić information content (AvgIpc) is 2.43. The molecule has 1 heterocycles. The van der Waals surface area contributed by atoms with Crippen molar-refractivity contribution in [2.75, 3.05) is 0 Å². The van der Waals surface area contributed by atoms with Crippen molar-refractivity contribution >= 4 is 27.4 Å². The fourth-order valence-electron chi connectivity index (χ4n) is 1.30. The largest absolute Gasteiger partial charge is 0.463 e. The van der Waals surface area contributed by atoms with Gasteiger partial charge in [-0.3, -0.25) is 14.9 Å². The fourth-order valence-corrected chi connectivity index (χ4v) is 1.73. The quantitative estimate of drug-likeness (QED) is 0.447. The maximum absolute atomic E-state index is 13.0. The van der Waals surface area contributed by atoms with Crippen LogP contribution in [0.1, 0.15) is 10.4 Å². The highest BCUT2D eigenvalue weighted by molar-refractivity contribution is 9.09. The van der Waals surface area contributed by atoms with Crippen molar-refractivity contribution in [3.8, 4) is 5.75 Å². The highest BCUT2D eigenvalue weighted by Gasteiger charge is 2.36. The maximum atomic E-state index is 13.0. The highest BCUT2D eigenvalue weighted by atomic mass is 79.9. The Morgan fingerprint density at radius 3 is 2.80 bits per heavy atom. The van der Waals surface area contributed by atoms with E-state index < -0.39 is 27.2 Å². The predicted octanol–water partition coefficient (Wildman–Crippen LogP) is 2.03. The van der Waals surface area contributed by atoms with Crippen LogP contribution in [-0.2, 0) is 0 Å². The van der Waals surface area contributed by atoms with E-state index in [1.807, 2.05) is 0 Å². The van der Waals surface area contributed by atoms with Crippen LogP contribution in [0.2, 0.25) is 0 Å². The van der Waals surface area contributed by atoms with Gasteiger partial charge < -0.3 is 4.74 Å². The van der Waals surface area contributed by atoms with Crippen molar-refractivity contribution in [1.82, 2.24) is 0 Å². The molecule has 0 fully saturated rings. The molecule has 15 heavy (non-hydrogen) atoms. The van der Waals surface area contributed by atoms with Crippen molar-refractivity contribution in [2.24, 2.45) is 0 Å². The first kappa shape index (κ1) is 10.0. The molecule has 2 rings (SSSR count). The summed E-state index contributed by atoms with van der Waals surface area (Å²) in [5, 5.41) is 9.58. The van der Waals surface area contributed by atoms with Crippen molar-refractivity contribution in [3.05, 3.63) is 33.6 Å². The third-order valence-corrected chi connectivity index (χ3v) is 2.53. The van der Waals surface area contributed by atoms with E-state index in [4.69, 9.17) is 4.74 Å². The van der Waals surface area contributed by atoms with Gasteiger partial charge in [-0.05, 0) is 22.0 Å². The molecule has 0 spiro atoms. The fraction of sp³-hybridized carbons (Fsp3) is 0.125.